The number of aromatic amines is 1. The van der Waals surface area contributed by atoms with Gasteiger partial charge in [-0.15, -0.1) is 0 Å². The summed E-state index contributed by atoms with van der Waals surface area (Å²) in [6.45, 7) is 2.16. The number of pyridine rings is 1. The smallest absolute Gasteiger partial charge is 0.268 e. The third kappa shape index (κ3) is 3.67. The molecule has 0 aliphatic heterocycles. The number of fused-ring (bicyclic) bond motifs is 1. The van der Waals surface area contributed by atoms with Gasteiger partial charge in [-0.25, -0.2) is 4.98 Å². The quantitative estimate of drug-likeness (QED) is 0.707. The number of nitrogens with zero attached hydrogens (tertiary/aromatic N) is 1. The molecule has 1 aliphatic rings. The second kappa shape index (κ2) is 7.68. The zero-order valence-electron chi connectivity index (χ0n) is 15.6. The number of amides is 1. The summed E-state index contributed by atoms with van der Waals surface area (Å²) in [5.74, 6) is 1.07. The van der Waals surface area contributed by atoms with E-state index in [9.17, 15) is 9.59 Å². The number of ether oxygens (including phenoxy) is 1. The molecule has 1 aromatic carbocycles. The highest BCUT2D eigenvalue weighted by Crippen LogP contribution is 2.26. The van der Waals surface area contributed by atoms with Crippen LogP contribution in [0.3, 0.4) is 0 Å². The molecule has 28 heavy (non-hydrogen) atoms. The van der Waals surface area contributed by atoms with Gasteiger partial charge in [0.25, 0.3) is 5.91 Å². The van der Waals surface area contributed by atoms with Gasteiger partial charge in [-0.3, -0.25) is 9.59 Å². The van der Waals surface area contributed by atoms with Crippen molar-refractivity contribution < 1.29 is 14.3 Å². The van der Waals surface area contributed by atoms with Crippen LogP contribution in [0.4, 0.5) is 0 Å². The number of hydrogen-bond donors (Lipinski definition) is 2. The molecule has 0 saturated carbocycles. The maximum absolute atomic E-state index is 12.6. The van der Waals surface area contributed by atoms with Crippen molar-refractivity contribution in [2.24, 2.45) is 0 Å². The van der Waals surface area contributed by atoms with Crippen LogP contribution in [0.15, 0.2) is 48.7 Å². The summed E-state index contributed by atoms with van der Waals surface area (Å²) in [6, 6.07) is 13.0. The van der Waals surface area contributed by atoms with Crippen molar-refractivity contribution in [1.82, 2.24) is 15.3 Å². The van der Waals surface area contributed by atoms with E-state index in [1.807, 2.05) is 43.3 Å². The SMILES string of the molecule is Cc1c(C(=O)NCc2ccnc(Oc3ccccc3)c2)[nH]c2c1C(=O)CCC2. The summed E-state index contributed by atoms with van der Waals surface area (Å²) in [7, 11) is 0. The Labute approximate surface area is 163 Å². The second-order valence-corrected chi connectivity index (χ2v) is 6.86. The minimum atomic E-state index is -0.220. The maximum Gasteiger partial charge on any atom is 0.268 e. The highest BCUT2D eigenvalue weighted by atomic mass is 16.5. The van der Waals surface area contributed by atoms with Crippen LogP contribution >= 0.6 is 0 Å². The lowest BCUT2D eigenvalue weighted by Gasteiger charge is -2.09. The molecular formula is C22H21N3O3. The Kier molecular flexibility index (Phi) is 4.93. The molecule has 142 valence electrons. The van der Waals surface area contributed by atoms with E-state index in [4.69, 9.17) is 4.74 Å². The molecule has 6 heteroatoms. The van der Waals surface area contributed by atoms with Crippen molar-refractivity contribution >= 4 is 11.7 Å². The van der Waals surface area contributed by atoms with E-state index in [0.29, 0.717) is 35.9 Å². The Balaban J connectivity index is 1.44. The lowest BCUT2D eigenvalue weighted by Crippen LogP contribution is -2.24. The Morgan fingerprint density at radius 3 is 2.82 bits per heavy atom. The summed E-state index contributed by atoms with van der Waals surface area (Å²) in [5.41, 5.74) is 3.65. The average molecular weight is 375 g/mol. The molecule has 1 amide bonds. The fraction of sp³-hybridized carbons (Fsp3) is 0.227. The molecule has 0 unspecified atom stereocenters. The van der Waals surface area contributed by atoms with Gasteiger partial charge >= 0.3 is 0 Å². The first-order valence-electron chi connectivity index (χ1n) is 9.32. The van der Waals surface area contributed by atoms with E-state index in [0.717, 1.165) is 29.7 Å². The van der Waals surface area contributed by atoms with Crippen molar-refractivity contribution in [3.8, 4) is 11.6 Å². The maximum atomic E-state index is 12.6. The molecule has 3 aromatic rings. The predicted octanol–water partition coefficient (Wildman–Crippen LogP) is 3.96. The first kappa shape index (κ1) is 18.0. The van der Waals surface area contributed by atoms with Gasteiger partial charge in [0.15, 0.2) is 5.78 Å². The third-order valence-electron chi connectivity index (χ3n) is 4.88. The van der Waals surface area contributed by atoms with E-state index in [1.165, 1.54) is 0 Å². The monoisotopic (exact) mass is 375 g/mol. The molecule has 4 rings (SSSR count). The summed E-state index contributed by atoms with van der Waals surface area (Å²) in [6.07, 6.45) is 3.83. The van der Waals surface area contributed by atoms with Gasteiger partial charge in [-0.1, -0.05) is 18.2 Å². The Morgan fingerprint density at radius 1 is 1.21 bits per heavy atom. The zero-order valence-corrected chi connectivity index (χ0v) is 15.6. The number of para-hydroxylation sites is 1. The molecule has 0 fully saturated rings. The van der Waals surface area contributed by atoms with E-state index in [2.05, 4.69) is 15.3 Å². The number of carbonyl (C=O) groups excluding carboxylic acids is 2. The van der Waals surface area contributed by atoms with Gasteiger partial charge in [0.1, 0.15) is 11.4 Å². The van der Waals surface area contributed by atoms with Crippen LogP contribution in [-0.2, 0) is 13.0 Å². The molecule has 6 nitrogen and oxygen atoms in total. The number of Topliss-reactive ketones (excluding diaryl/α,β-unsaturated/α-hetero) is 1. The van der Waals surface area contributed by atoms with Crippen LogP contribution in [0.1, 0.15) is 50.5 Å². The van der Waals surface area contributed by atoms with Crippen molar-refractivity contribution in [2.45, 2.75) is 32.7 Å². The largest absolute Gasteiger partial charge is 0.439 e. The molecule has 0 atom stereocenters. The highest BCUT2D eigenvalue weighted by molar-refractivity contribution is 6.04. The van der Waals surface area contributed by atoms with Gasteiger partial charge in [0.05, 0.1) is 0 Å². The van der Waals surface area contributed by atoms with Crippen LogP contribution in [0.5, 0.6) is 11.6 Å². The molecule has 0 bridgehead atoms. The van der Waals surface area contributed by atoms with Crippen LogP contribution < -0.4 is 10.1 Å². The summed E-state index contributed by atoms with van der Waals surface area (Å²) >= 11 is 0. The topological polar surface area (TPSA) is 84.1 Å². The normalized spacial score (nSPS) is 13.1. The van der Waals surface area contributed by atoms with Gasteiger partial charge in [-0.05, 0) is 49.1 Å². The van der Waals surface area contributed by atoms with Crippen molar-refractivity contribution in [3.05, 3.63) is 76.7 Å². The van der Waals surface area contributed by atoms with Crippen molar-refractivity contribution in [3.63, 3.8) is 0 Å². The molecule has 0 radical (unpaired) electrons. The summed E-state index contributed by atoms with van der Waals surface area (Å²) in [5, 5.41) is 2.91. The number of rotatable bonds is 5. The fourth-order valence-electron chi connectivity index (χ4n) is 3.50. The molecular weight excluding hydrogens is 354 g/mol. The zero-order chi connectivity index (χ0) is 19.5. The molecule has 1 aliphatic carbocycles. The van der Waals surface area contributed by atoms with Crippen molar-refractivity contribution in [2.75, 3.05) is 0 Å². The second-order valence-electron chi connectivity index (χ2n) is 6.86. The number of ketones is 1. The van der Waals surface area contributed by atoms with Crippen LogP contribution in [0, 0.1) is 6.92 Å². The van der Waals surface area contributed by atoms with Gasteiger partial charge in [0.2, 0.25) is 5.88 Å². The average Bonchev–Trinajstić information content (AvgIpc) is 3.05. The molecule has 0 saturated heterocycles. The van der Waals surface area contributed by atoms with Crippen LogP contribution in [-0.4, -0.2) is 21.7 Å². The molecule has 2 heterocycles. The minimum absolute atomic E-state index is 0.117. The summed E-state index contributed by atoms with van der Waals surface area (Å²) in [4.78, 5) is 32.1. The van der Waals surface area contributed by atoms with E-state index >= 15 is 0 Å². The van der Waals surface area contributed by atoms with Crippen LogP contribution in [0.25, 0.3) is 0 Å². The van der Waals surface area contributed by atoms with Gasteiger partial charge in [-0.2, -0.15) is 0 Å². The van der Waals surface area contributed by atoms with E-state index in [1.54, 1.807) is 12.3 Å². The molecule has 2 N–H and O–H groups in total. The molecule has 0 spiro atoms. The number of H-pyrrole nitrogens is 1. The first-order valence-corrected chi connectivity index (χ1v) is 9.32. The number of benzene rings is 1. The summed E-state index contributed by atoms with van der Waals surface area (Å²) < 4.78 is 5.73. The highest BCUT2D eigenvalue weighted by Gasteiger charge is 2.26. The van der Waals surface area contributed by atoms with E-state index < -0.39 is 0 Å². The first-order chi connectivity index (χ1) is 13.6. The van der Waals surface area contributed by atoms with Gasteiger partial charge < -0.3 is 15.0 Å². The van der Waals surface area contributed by atoms with Crippen molar-refractivity contribution in [1.29, 1.82) is 0 Å². The van der Waals surface area contributed by atoms with E-state index in [-0.39, 0.29) is 11.7 Å². The number of carbonyl (C=O) groups is 2. The van der Waals surface area contributed by atoms with Crippen LogP contribution in [0.2, 0.25) is 0 Å². The number of hydrogen-bond acceptors (Lipinski definition) is 4. The Hall–Kier alpha value is -3.41. The third-order valence-corrected chi connectivity index (χ3v) is 4.88. The number of nitrogens with one attached hydrogen (secondary N) is 2. The number of aromatic nitrogens is 2. The Morgan fingerprint density at radius 2 is 2.04 bits per heavy atom. The lowest BCUT2D eigenvalue weighted by atomic mass is 9.94. The lowest BCUT2D eigenvalue weighted by molar-refractivity contribution is 0.0944. The predicted molar refractivity (Wildman–Crippen MR) is 105 cm³/mol. The molecule has 2 aromatic heterocycles. The minimum Gasteiger partial charge on any atom is -0.439 e. The van der Waals surface area contributed by atoms with Gasteiger partial charge in [0, 0.05) is 36.5 Å². The number of aryl methyl sites for hydroxylation is 1. The fourth-order valence-corrected chi connectivity index (χ4v) is 3.50. The standard InChI is InChI=1S/C22H21N3O3/c1-14-20-17(8-5-9-18(20)26)25-21(14)22(27)24-13-15-10-11-23-19(12-15)28-16-6-3-2-4-7-16/h2-4,6-7,10-12,25H,5,8-9,13H2,1H3,(H,24,27). The Bertz CT molecular complexity index is 1020.